The Balaban J connectivity index is 2.00. The van der Waals surface area contributed by atoms with Gasteiger partial charge < -0.3 is 0 Å². The van der Waals surface area contributed by atoms with Gasteiger partial charge >= 0.3 is 0 Å². The van der Waals surface area contributed by atoms with Crippen LogP contribution in [0, 0.1) is 12.8 Å². The Kier molecular flexibility index (Phi) is 4.32. The molecule has 1 atom stereocenters. The highest BCUT2D eigenvalue weighted by Gasteiger charge is 2.28. The third-order valence-electron chi connectivity index (χ3n) is 3.33. The van der Waals surface area contributed by atoms with Crippen LogP contribution in [0.3, 0.4) is 0 Å². The summed E-state index contributed by atoms with van der Waals surface area (Å²) in [7, 11) is -3.16. The van der Waals surface area contributed by atoms with Crippen LogP contribution in [-0.2, 0) is 10.0 Å². The van der Waals surface area contributed by atoms with E-state index in [1.54, 1.807) is 6.92 Å². The molecule has 0 N–H and O–H groups in total. The monoisotopic (exact) mass is 303 g/mol. The highest BCUT2D eigenvalue weighted by Crippen LogP contribution is 2.24. The van der Waals surface area contributed by atoms with Gasteiger partial charge in [-0.2, -0.15) is 0 Å². The number of aromatic nitrogens is 2. The maximum Gasteiger partial charge on any atom is 0.211 e. The Hall–Kier alpha value is -0.860. The van der Waals surface area contributed by atoms with E-state index in [9.17, 15) is 13.2 Å². The Morgan fingerprint density at radius 1 is 1.53 bits per heavy atom. The summed E-state index contributed by atoms with van der Waals surface area (Å²) < 4.78 is 28.3. The molecule has 19 heavy (non-hydrogen) atoms. The Bertz CT molecular complexity index is 567. The van der Waals surface area contributed by atoms with Gasteiger partial charge in [0.05, 0.1) is 11.9 Å². The number of aryl methyl sites for hydroxylation is 1. The molecular weight excluding hydrogens is 286 g/mol. The normalized spacial score (nSPS) is 21.5. The summed E-state index contributed by atoms with van der Waals surface area (Å²) >= 11 is 1.11. The maximum absolute atomic E-state index is 12.1. The minimum atomic E-state index is -3.16. The number of carbonyl (C=O) groups is 1. The first kappa shape index (κ1) is 14.5. The number of carbonyl (C=O) groups excluding carboxylic acids is 1. The standard InChI is InChI=1S/C11H17N3O3S2/c1-8-11(18-13-12-8)10(15)6-9-4-3-5-14(7-9)19(2,16)17/h9H,3-7H2,1-2H3. The highest BCUT2D eigenvalue weighted by molar-refractivity contribution is 7.88. The van der Waals surface area contributed by atoms with E-state index >= 15 is 0 Å². The van der Waals surface area contributed by atoms with Gasteiger partial charge in [-0.1, -0.05) is 4.49 Å². The van der Waals surface area contributed by atoms with E-state index in [-0.39, 0.29) is 11.7 Å². The first-order valence-corrected chi connectivity index (χ1v) is 8.77. The van der Waals surface area contributed by atoms with Crippen LogP contribution >= 0.6 is 11.5 Å². The predicted octanol–water partition coefficient (Wildman–Crippen LogP) is 1.09. The zero-order chi connectivity index (χ0) is 14.0. The van der Waals surface area contributed by atoms with Gasteiger partial charge in [0.2, 0.25) is 10.0 Å². The molecule has 6 nitrogen and oxygen atoms in total. The molecule has 2 heterocycles. The van der Waals surface area contributed by atoms with Crippen LogP contribution in [0.25, 0.3) is 0 Å². The maximum atomic E-state index is 12.1. The molecule has 0 bridgehead atoms. The second kappa shape index (κ2) is 5.64. The number of rotatable bonds is 4. The quantitative estimate of drug-likeness (QED) is 0.778. The topological polar surface area (TPSA) is 80.2 Å². The fourth-order valence-corrected chi connectivity index (χ4v) is 3.88. The summed E-state index contributed by atoms with van der Waals surface area (Å²) in [6, 6.07) is 0. The summed E-state index contributed by atoms with van der Waals surface area (Å²) in [6.07, 6.45) is 3.29. The zero-order valence-corrected chi connectivity index (χ0v) is 12.6. The van der Waals surface area contributed by atoms with Gasteiger partial charge in [0, 0.05) is 19.5 Å². The number of ketones is 1. The Labute approximate surface area is 117 Å². The zero-order valence-electron chi connectivity index (χ0n) is 11.0. The van der Waals surface area contributed by atoms with Crippen LogP contribution in [0.1, 0.15) is 34.6 Å². The van der Waals surface area contributed by atoms with Gasteiger partial charge in [-0.05, 0) is 37.2 Å². The van der Waals surface area contributed by atoms with Crippen molar-refractivity contribution in [2.45, 2.75) is 26.2 Å². The van der Waals surface area contributed by atoms with Gasteiger partial charge in [-0.25, -0.2) is 12.7 Å². The van der Waals surface area contributed by atoms with Gasteiger partial charge in [-0.15, -0.1) is 5.10 Å². The fourth-order valence-electron chi connectivity index (χ4n) is 2.34. The second-order valence-corrected chi connectivity index (χ2v) is 7.68. The summed E-state index contributed by atoms with van der Waals surface area (Å²) in [5, 5.41) is 3.83. The van der Waals surface area contributed by atoms with E-state index in [1.165, 1.54) is 10.6 Å². The van der Waals surface area contributed by atoms with E-state index in [4.69, 9.17) is 0 Å². The van der Waals surface area contributed by atoms with Crippen molar-refractivity contribution in [2.75, 3.05) is 19.3 Å². The molecule has 0 aliphatic carbocycles. The van der Waals surface area contributed by atoms with Crippen molar-refractivity contribution in [1.82, 2.24) is 13.9 Å². The van der Waals surface area contributed by atoms with E-state index < -0.39 is 10.0 Å². The average molecular weight is 303 g/mol. The second-order valence-electron chi connectivity index (χ2n) is 4.94. The summed E-state index contributed by atoms with van der Waals surface area (Å²) in [6.45, 7) is 2.76. The molecule has 1 fully saturated rings. The molecule has 8 heteroatoms. The first-order chi connectivity index (χ1) is 8.88. The molecule has 0 aromatic carbocycles. The lowest BCUT2D eigenvalue weighted by atomic mass is 9.93. The van der Waals surface area contributed by atoms with Crippen molar-refractivity contribution in [3.8, 4) is 0 Å². The molecule has 106 valence electrons. The first-order valence-electron chi connectivity index (χ1n) is 6.15. The SMILES string of the molecule is Cc1nnsc1C(=O)CC1CCCN(S(C)(=O)=O)C1. The molecule has 0 amide bonds. The molecule has 1 aromatic heterocycles. The van der Waals surface area contributed by atoms with Crippen LogP contribution in [0.2, 0.25) is 0 Å². The summed E-state index contributed by atoms with van der Waals surface area (Å²) in [5.41, 5.74) is 0.658. The number of hydrogen-bond acceptors (Lipinski definition) is 6. The number of hydrogen-bond donors (Lipinski definition) is 0. The smallest absolute Gasteiger partial charge is 0.211 e. The fraction of sp³-hybridized carbons (Fsp3) is 0.727. The lowest BCUT2D eigenvalue weighted by Crippen LogP contribution is -2.39. The molecule has 1 aliphatic heterocycles. The molecule has 0 radical (unpaired) electrons. The van der Waals surface area contributed by atoms with Crippen LogP contribution in [0.15, 0.2) is 0 Å². The number of Topliss-reactive ketones (excluding diaryl/α,β-unsaturated/α-hetero) is 1. The van der Waals surface area contributed by atoms with E-state index in [2.05, 4.69) is 9.59 Å². The molecule has 1 aliphatic rings. The van der Waals surface area contributed by atoms with E-state index in [1.807, 2.05) is 0 Å². The van der Waals surface area contributed by atoms with Crippen LogP contribution < -0.4 is 0 Å². The number of nitrogens with zero attached hydrogens (tertiary/aromatic N) is 3. The summed E-state index contributed by atoms with van der Waals surface area (Å²) in [4.78, 5) is 12.7. The van der Waals surface area contributed by atoms with Crippen LogP contribution in [-0.4, -0.2) is 47.4 Å². The number of piperidine rings is 1. The largest absolute Gasteiger partial charge is 0.293 e. The van der Waals surface area contributed by atoms with Gasteiger partial charge in [-0.3, -0.25) is 4.79 Å². The molecule has 1 unspecified atom stereocenters. The molecule has 1 aromatic rings. The van der Waals surface area contributed by atoms with E-state index in [0.717, 1.165) is 24.4 Å². The minimum Gasteiger partial charge on any atom is -0.293 e. The van der Waals surface area contributed by atoms with Crippen molar-refractivity contribution in [1.29, 1.82) is 0 Å². The van der Waals surface area contributed by atoms with Crippen molar-refractivity contribution in [3.05, 3.63) is 10.6 Å². The van der Waals surface area contributed by atoms with Gasteiger partial charge in [0.15, 0.2) is 5.78 Å². The Morgan fingerprint density at radius 2 is 2.26 bits per heavy atom. The molecule has 2 rings (SSSR count). The number of sulfonamides is 1. The van der Waals surface area contributed by atoms with Crippen molar-refractivity contribution in [2.24, 2.45) is 5.92 Å². The molecule has 1 saturated heterocycles. The minimum absolute atomic E-state index is 0.0212. The highest BCUT2D eigenvalue weighted by atomic mass is 32.2. The summed E-state index contributed by atoms with van der Waals surface area (Å²) in [5.74, 6) is 0.116. The van der Waals surface area contributed by atoms with Gasteiger partial charge in [0.1, 0.15) is 4.88 Å². The third-order valence-corrected chi connectivity index (χ3v) is 5.47. The molecule has 0 saturated carbocycles. The predicted molar refractivity (Wildman–Crippen MR) is 72.7 cm³/mol. The molecule has 0 spiro atoms. The molecular formula is C11H17N3O3S2. The van der Waals surface area contributed by atoms with Crippen LogP contribution in [0.5, 0.6) is 0 Å². The van der Waals surface area contributed by atoms with Crippen molar-refractivity contribution < 1.29 is 13.2 Å². The van der Waals surface area contributed by atoms with E-state index in [0.29, 0.717) is 30.1 Å². The third kappa shape index (κ3) is 3.58. The Morgan fingerprint density at radius 3 is 2.84 bits per heavy atom. The lowest BCUT2D eigenvalue weighted by Gasteiger charge is -2.30. The lowest BCUT2D eigenvalue weighted by molar-refractivity contribution is 0.0945. The van der Waals surface area contributed by atoms with Crippen molar-refractivity contribution >= 4 is 27.3 Å². The average Bonchev–Trinajstić information content (AvgIpc) is 2.75. The van der Waals surface area contributed by atoms with Gasteiger partial charge in [0.25, 0.3) is 0 Å². The van der Waals surface area contributed by atoms with Crippen LogP contribution in [0.4, 0.5) is 0 Å². The van der Waals surface area contributed by atoms with Crippen molar-refractivity contribution in [3.63, 3.8) is 0 Å².